The zero-order valence-corrected chi connectivity index (χ0v) is 27.2. The lowest BCUT2D eigenvalue weighted by Gasteiger charge is -2.20. The van der Waals surface area contributed by atoms with Crippen LogP contribution in [0.1, 0.15) is 187 Å². The highest BCUT2D eigenvalue weighted by Crippen LogP contribution is 2.34. The lowest BCUT2D eigenvalue weighted by Crippen LogP contribution is -2.27. The zero-order valence-electron chi connectivity index (χ0n) is 27.2. The van der Waals surface area contributed by atoms with Crippen molar-refractivity contribution >= 4 is 5.97 Å². The second-order valence-electron chi connectivity index (χ2n) is 13.6. The molecule has 2 saturated heterocycles. The van der Waals surface area contributed by atoms with E-state index in [0.29, 0.717) is 24.4 Å². The van der Waals surface area contributed by atoms with Gasteiger partial charge in [-0.2, -0.15) is 0 Å². The zero-order chi connectivity index (χ0) is 29.0. The Morgan fingerprint density at radius 2 is 1.00 bits per heavy atom. The van der Waals surface area contributed by atoms with Crippen LogP contribution in [0.3, 0.4) is 0 Å². The maximum absolute atomic E-state index is 11.6. The maximum atomic E-state index is 11.6. The average molecular weight is 575 g/mol. The van der Waals surface area contributed by atoms with Gasteiger partial charge in [0, 0.05) is 5.57 Å². The van der Waals surface area contributed by atoms with Crippen LogP contribution in [0.25, 0.3) is 0 Å². The van der Waals surface area contributed by atoms with Crippen LogP contribution in [0.15, 0.2) is 11.6 Å². The summed E-state index contributed by atoms with van der Waals surface area (Å²) < 4.78 is 18.1. The van der Waals surface area contributed by atoms with Crippen molar-refractivity contribution < 1.29 is 19.0 Å². The number of esters is 1. The molecule has 3 heterocycles. The Balaban J connectivity index is 1.05. The third-order valence-electron chi connectivity index (χ3n) is 9.79. The molecule has 0 unspecified atom stereocenters. The first kappa shape index (κ1) is 34.6. The molecule has 0 aliphatic carbocycles. The Morgan fingerprint density at radius 3 is 1.41 bits per heavy atom. The number of ether oxygens (including phenoxy) is 3. The third-order valence-corrected chi connectivity index (χ3v) is 9.79. The van der Waals surface area contributed by atoms with E-state index in [0.717, 1.165) is 18.4 Å². The molecule has 41 heavy (non-hydrogen) atoms. The van der Waals surface area contributed by atoms with Crippen molar-refractivity contribution in [1.82, 2.24) is 0 Å². The van der Waals surface area contributed by atoms with Crippen molar-refractivity contribution in [3.8, 4) is 0 Å². The van der Waals surface area contributed by atoms with Crippen LogP contribution in [-0.4, -0.2) is 36.5 Å². The Kier molecular flexibility index (Phi) is 18.4. The summed E-state index contributed by atoms with van der Waals surface area (Å²) in [6.45, 7) is 4.23. The molecular formula is C37H66O4. The minimum Gasteiger partial charge on any atom is -0.455 e. The quantitative estimate of drug-likeness (QED) is 0.0803. The van der Waals surface area contributed by atoms with E-state index in [1.165, 1.54) is 161 Å². The van der Waals surface area contributed by atoms with Gasteiger partial charge in [-0.3, -0.25) is 0 Å². The molecule has 3 aliphatic rings. The molecule has 5 atom stereocenters. The topological polar surface area (TPSA) is 44.8 Å². The van der Waals surface area contributed by atoms with Gasteiger partial charge in [-0.1, -0.05) is 129 Å². The van der Waals surface area contributed by atoms with Crippen molar-refractivity contribution in [2.45, 2.75) is 218 Å². The first-order valence-electron chi connectivity index (χ1n) is 18.4. The highest BCUT2D eigenvalue weighted by Gasteiger charge is 2.36. The number of carbonyl (C=O) groups is 1. The number of unbranched alkanes of at least 4 members (excludes halogenated alkanes) is 18. The molecule has 0 saturated carbocycles. The van der Waals surface area contributed by atoms with Crippen molar-refractivity contribution in [1.29, 1.82) is 0 Å². The third kappa shape index (κ3) is 14.9. The Hall–Kier alpha value is -0.870. The van der Waals surface area contributed by atoms with Gasteiger partial charge in [0.15, 0.2) is 0 Å². The molecule has 238 valence electrons. The number of cyclic esters (lactones) is 1. The molecule has 0 N–H and O–H groups in total. The van der Waals surface area contributed by atoms with E-state index in [9.17, 15) is 4.79 Å². The van der Waals surface area contributed by atoms with Gasteiger partial charge in [0.25, 0.3) is 0 Å². The summed E-state index contributed by atoms with van der Waals surface area (Å²) in [5.74, 6) is -0.0937. The molecule has 3 rings (SSSR count). The monoisotopic (exact) mass is 574 g/mol. The van der Waals surface area contributed by atoms with E-state index in [1.807, 2.05) is 13.0 Å². The van der Waals surface area contributed by atoms with Crippen LogP contribution in [0.5, 0.6) is 0 Å². The van der Waals surface area contributed by atoms with Crippen LogP contribution in [0.2, 0.25) is 0 Å². The second-order valence-corrected chi connectivity index (χ2v) is 13.6. The molecular weight excluding hydrogens is 508 g/mol. The molecule has 0 aromatic rings. The molecule has 0 aromatic heterocycles. The molecule has 0 bridgehead atoms. The minimum absolute atomic E-state index is 0.0233. The average Bonchev–Trinajstić information content (AvgIpc) is 3.70. The Bertz CT molecular complexity index is 703. The first-order chi connectivity index (χ1) is 20.2. The fourth-order valence-corrected chi connectivity index (χ4v) is 7.22. The van der Waals surface area contributed by atoms with E-state index in [1.54, 1.807) is 0 Å². The molecule has 0 spiro atoms. The van der Waals surface area contributed by atoms with Gasteiger partial charge in [-0.15, -0.1) is 0 Å². The van der Waals surface area contributed by atoms with Crippen molar-refractivity contribution in [2.75, 3.05) is 0 Å². The van der Waals surface area contributed by atoms with Gasteiger partial charge in [-0.25, -0.2) is 4.79 Å². The molecule has 0 radical (unpaired) electrons. The molecule has 0 aromatic carbocycles. The summed E-state index contributed by atoms with van der Waals surface area (Å²) in [6, 6.07) is 0. The van der Waals surface area contributed by atoms with Gasteiger partial charge in [0.05, 0.1) is 24.4 Å². The lowest BCUT2D eigenvalue weighted by molar-refractivity contribution is -0.139. The molecule has 4 nitrogen and oxygen atoms in total. The van der Waals surface area contributed by atoms with E-state index < -0.39 is 0 Å². The Morgan fingerprint density at radius 1 is 0.585 bits per heavy atom. The minimum atomic E-state index is -0.0937. The van der Waals surface area contributed by atoms with Gasteiger partial charge < -0.3 is 14.2 Å². The molecule has 3 aliphatic heterocycles. The smallest absolute Gasteiger partial charge is 0.334 e. The fraction of sp³-hybridized carbons (Fsp3) is 0.919. The Labute approximate surface area is 254 Å². The summed E-state index contributed by atoms with van der Waals surface area (Å²) >= 11 is 0. The standard InChI is InChI=1S/C37H66O4/c1-3-4-5-6-7-11-15-18-21-24-33-26-28-35(40-33)36-29-27-34(41-36)25-22-19-16-13-10-8-9-12-14-17-20-23-32-30-31(2)39-37(32)38/h30-31,33-36H,3-29H2,1-2H3/t31-,33-,34-,35+,36+/m0/s1. The van der Waals surface area contributed by atoms with Crippen LogP contribution in [0, 0.1) is 0 Å². The summed E-state index contributed by atoms with van der Waals surface area (Å²) in [6.07, 6.45) is 39.2. The van der Waals surface area contributed by atoms with Crippen molar-refractivity contribution in [2.24, 2.45) is 0 Å². The SMILES string of the molecule is CCCCCCCCCCC[C@H]1CC[C@H]([C@H]2CC[C@H](CCCCCCCCCCCCCC3=C[C@H](C)OC3=O)O2)O1. The second kappa shape index (κ2) is 21.8. The maximum Gasteiger partial charge on any atom is 0.334 e. The van der Waals surface area contributed by atoms with Crippen LogP contribution in [0.4, 0.5) is 0 Å². The van der Waals surface area contributed by atoms with Crippen LogP contribution >= 0.6 is 0 Å². The van der Waals surface area contributed by atoms with Gasteiger partial charge >= 0.3 is 5.97 Å². The predicted molar refractivity (Wildman–Crippen MR) is 171 cm³/mol. The summed E-state index contributed by atoms with van der Waals surface area (Å²) in [7, 11) is 0. The molecule has 0 amide bonds. The van der Waals surface area contributed by atoms with E-state index in [4.69, 9.17) is 14.2 Å². The van der Waals surface area contributed by atoms with Gasteiger partial charge in [-0.05, 0) is 64.4 Å². The number of rotatable bonds is 25. The number of carbonyl (C=O) groups excluding carboxylic acids is 1. The predicted octanol–water partition coefficient (Wildman–Crippen LogP) is 10.9. The van der Waals surface area contributed by atoms with E-state index in [-0.39, 0.29) is 12.1 Å². The summed E-state index contributed by atoms with van der Waals surface area (Å²) in [5, 5.41) is 0. The highest BCUT2D eigenvalue weighted by molar-refractivity contribution is 5.90. The number of hydrogen-bond acceptors (Lipinski definition) is 4. The van der Waals surface area contributed by atoms with Crippen molar-refractivity contribution in [3.63, 3.8) is 0 Å². The first-order valence-corrected chi connectivity index (χ1v) is 18.4. The van der Waals surface area contributed by atoms with Crippen LogP contribution < -0.4 is 0 Å². The summed E-state index contributed by atoms with van der Waals surface area (Å²) in [4.78, 5) is 11.6. The normalized spacial score (nSPS) is 26.1. The molecule has 4 heteroatoms. The number of hydrogen-bond donors (Lipinski definition) is 0. The highest BCUT2D eigenvalue weighted by atomic mass is 16.6. The molecule has 2 fully saturated rings. The van der Waals surface area contributed by atoms with Crippen LogP contribution in [-0.2, 0) is 19.0 Å². The lowest BCUT2D eigenvalue weighted by atomic mass is 10.0. The van der Waals surface area contributed by atoms with Gasteiger partial charge in [0.1, 0.15) is 6.10 Å². The fourth-order valence-electron chi connectivity index (χ4n) is 7.22. The summed E-state index contributed by atoms with van der Waals surface area (Å²) in [5.41, 5.74) is 0.896. The van der Waals surface area contributed by atoms with E-state index in [2.05, 4.69) is 6.92 Å². The van der Waals surface area contributed by atoms with Crippen molar-refractivity contribution in [3.05, 3.63) is 11.6 Å². The van der Waals surface area contributed by atoms with E-state index >= 15 is 0 Å². The van der Waals surface area contributed by atoms with Gasteiger partial charge in [0.2, 0.25) is 0 Å². The largest absolute Gasteiger partial charge is 0.455 e.